The summed E-state index contributed by atoms with van der Waals surface area (Å²) in [5, 5.41) is 3.65. The van der Waals surface area contributed by atoms with Crippen LogP contribution in [0.25, 0.3) is 0 Å². The van der Waals surface area contributed by atoms with Crippen LogP contribution in [0.4, 0.5) is 17.1 Å². The molecule has 1 amide bonds. The molecule has 1 aliphatic heterocycles. The predicted octanol–water partition coefficient (Wildman–Crippen LogP) is 8.01. The fourth-order valence-electron chi connectivity index (χ4n) is 6.24. The fraction of sp³-hybridized carbons (Fsp3) is 0.371. The number of carbonyl (C=O) groups is 2. The highest BCUT2D eigenvalue weighted by Gasteiger charge is 2.41. The van der Waals surface area contributed by atoms with Gasteiger partial charge in [0.1, 0.15) is 0 Å². The third-order valence-electron chi connectivity index (χ3n) is 8.36. The van der Waals surface area contributed by atoms with Crippen LogP contribution in [0.2, 0.25) is 0 Å². The number of anilines is 3. The Morgan fingerprint density at radius 1 is 0.850 bits per heavy atom. The minimum absolute atomic E-state index is 0.0622. The smallest absolute Gasteiger partial charge is 0.227 e. The van der Waals surface area contributed by atoms with Gasteiger partial charge in [0.25, 0.3) is 0 Å². The van der Waals surface area contributed by atoms with Gasteiger partial charge in [-0.1, -0.05) is 74.4 Å². The normalized spacial score (nSPS) is 18.5. The summed E-state index contributed by atoms with van der Waals surface area (Å²) in [4.78, 5) is 32.3. The van der Waals surface area contributed by atoms with Gasteiger partial charge in [0.15, 0.2) is 5.78 Å². The molecule has 0 bridgehead atoms. The van der Waals surface area contributed by atoms with Crippen LogP contribution >= 0.6 is 0 Å². The van der Waals surface area contributed by atoms with Crippen molar-refractivity contribution >= 4 is 28.8 Å². The highest BCUT2D eigenvalue weighted by atomic mass is 16.2. The Bertz CT molecular complexity index is 1360. The minimum atomic E-state index is -0.458. The van der Waals surface area contributed by atoms with Crippen molar-refractivity contribution in [2.24, 2.45) is 0 Å². The van der Waals surface area contributed by atoms with E-state index >= 15 is 0 Å². The minimum Gasteiger partial charge on any atom is -0.372 e. The first kappa shape index (κ1) is 27.7. The molecule has 0 radical (unpaired) electrons. The summed E-state index contributed by atoms with van der Waals surface area (Å²) < 4.78 is 0. The zero-order chi connectivity index (χ0) is 28.1. The summed E-state index contributed by atoms with van der Waals surface area (Å²) in [6.45, 7) is 8.41. The molecule has 5 heteroatoms. The zero-order valence-corrected chi connectivity index (χ0v) is 24.0. The van der Waals surface area contributed by atoms with E-state index in [1.54, 1.807) is 0 Å². The van der Waals surface area contributed by atoms with Gasteiger partial charge in [0, 0.05) is 42.9 Å². The molecule has 0 spiro atoms. The summed E-state index contributed by atoms with van der Waals surface area (Å²) >= 11 is 0. The number of nitrogens with zero attached hydrogens (tertiary/aromatic N) is 2. The van der Waals surface area contributed by atoms with E-state index in [4.69, 9.17) is 0 Å². The van der Waals surface area contributed by atoms with Crippen LogP contribution in [0.5, 0.6) is 0 Å². The quantitative estimate of drug-likeness (QED) is 0.282. The molecule has 2 atom stereocenters. The lowest BCUT2D eigenvalue weighted by Crippen LogP contribution is -2.38. The number of carbonyl (C=O) groups excluding carboxylic acids is 2. The van der Waals surface area contributed by atoms with Crippen molar-refractivity contribution in [3.63, 3.8) is 0 Å². The van der Waals surface area contributed by atoms with Crippen molar-refractivity contribution in [2.75, 3.05) is 28.2 Å². The maximum Gasteiger partial charge on any atom is 0.227 e. The number of hydrogen-bond acceptors (Lipinski definition) is 4. The monoisotopic (exact) mass is 535 g/mol. The van der Waals surface area contributed by atoms with E-state index in [1.807, 2.05) is 59.5 Å². The number of ketones is 1. The van der Waals surface area contributed by atoms with E-state index < -0.39 is 6.04 Å². The number of amides is 1. The van der Waals surface area contributed by atoms with Gasteiger partial charge in [-0.25, -0.2) is 0 Å². The number of unbranched alkanes of at least 4 members (excludes halogenated alkanes) is 2. The molecule has 0 fully saturated rings. The average molecular weight is 536 g/mol. The Morgan fingerprint density at radius 3 is 2.25 bits per heavy atom. The van der Waals surface area contributed by atoms with Crippen LogP contribution in [-0.2, 0) is 9.59 Å². The third kappa shape index (κ3) is 5.56. The van der Waals surface area contributed by atoms with E-state index in [0.29, 0.717) is 12.8 Å². The molecule has 1 heterocycles. The van der Waals surface area contributed by atoms with Crippen LogP contribution < -0.4 is 15.1 Å². The second-order valence-corrected chi connectivity index (χ2v) is 10.9. The second-order valence-electron chi connectivity index (χ2n) is 10.9. The Balaban J connectivity index is 1.57. The largest absolute Gasteiger partial charge is 0.372 e. The maximum atomic E-state index is 14.2. The van der Waals surface area contributed by atoms with Crippen molar-refractivity contribution < 1.29 is 9.59 Å². The number of benzene rings is 3. The molecule has 5 rings (SSSR count). The lowest BCUT2D eigenvalue weighted by atomic mass is 9.78. The van der Waals surface area contributed by atoms with Crippen molar-refractivity contribution in [3.05, 3.63) is 101 Å². The maximum absolute atomic E-state index is 14.2. The summed E-state index contributed by atoms with van der Waals surface area (Å²) in [5.41, 5.74) is 6.72. The lowest BCUT2D eigenvalue weighted by molar-refractivity contribution is -0.119. The highest BCUT2D eigenvalue weighted by molar-refractivity contribution is 6.06. The Labute approximate surface area is 238 Å². The Kier molecular flexibility index (Phi) is 8.69. The van der Waals surface area contributed by atoms with Gasteiger partial charge in [-0.3, -0.25) is 14.5 Å². The third-order valence-corrected chi connectivity index (χ3v) is 8.36. The van der Waals surface area contributed by atoms with Gasteiger partial charge in [0.05, 0.1) is 17.4 Å². The summed E-state index contributed by atoms with van der Waals surface area (Å²) in [6.07, 6.45) is 4.53. The van der Waals surface area contributed by atoms with Crippen molar-refractivity contribution in [3.8, 4) is 0 Å². The molecule has 3 aromatic carbocycles. The first-order chi connectivity index (χ1) is 19.5. The van der Waals surface area contributed by atoms with Gasteiger partial charge >= 0.3 is 0 Å². The number of nitrogens with one attached hydrogen (secondary N) is 1. The molecule has 40 heavy (non-hydrogen) atoms. The molecule has 3 aromatic rings. The fourth-order valence-corrected chi connectivity index (χ4v) is 6.24. The SMILES string of the molecule is CCCCCC(=O)N1c2ccccc2NC2=C(C(=O)C[C@@H](c3ccc(N(CC)CC)cc3)C2)[C@@H]1c1ccccc1. The molecule has 0 aromatic heterocycles. The molecule has 5 nitrogen and oxygen atoms in total. The van der Waals surface area contributed by atoms with Crippen LogP contribution in [0.1, 0.15) is 82.4 Å². The number of para-hydroxylation sites is 2. The van der Waals surface area contributed by atoms with E-state index in [-0.39, 0.29) is 17.6 Å². The van der Waals surface area contributed by atoms with E-state index in [1.165, 1.54) is 11.3 Å². The lowest BCUT2D eigenvalue weighted by Gasteiger charge is -2.35. The van der Waals surface area contributed by atoms with Crippen LogP contribution in [0.3, 0.4) is 0 Å². The second kappa shape index (κ2) is 12.5. The Morgan fingerprint density at radius 2 is 1.55 bits per heavy atom. The number of rotatable bonds is 9. The molecular weight excluding hydrogens is 494 g/mol. The first-order valence-electron chi connectivity index (χ1n) is 14.9. The number of hydrogen-bond donors (Lipinski definition) is 1. The topological polar surface area (TPSA) is 52.7 Å². The summed E-state index contributed by atoms with van der Waals surface area (Å²) in [7, 11) is 0. The van der Waals surface area contributed by atoms with Crippen LogP contribution in [0.15, 0.2) is 90.1 Å². The molecule has 0 saturated heterocycles. The number of Topliss-reactive ketones (excluding diaryl/α,β-unsaturated/α-hetero) is 1. The van der Waals surface area contributed by atoms with E-state index in [9.17, 15) is 9.59 Å². The average Bonchev–Trinajstić information content (AvgIpc) is 3.13. The molecular formula is C35H41N3O2. The molecule has 1 aliphatic carbocycles. The highest BCUT2D eigenvalue weighted by Crippen LogP contribution is 2.47. The van der Waals surface area contributed by atoms with Gasteiger partial charge in [-0.15, -0.1) is 0 Å². The van der Waals surface area contributed by atoms with Crippen molar-refractivity contribution in [1.29, 1.82) is 0 Å². The van der Waals surface area contributed by atoms with E-state index in [2.05, 4.69) is 55.3 Å². The van der Waals surface area contributed by atoms with Gasteiger partial charge in [-0.05, 0) is 68.0 Å². The van der Waals surface area contributed by atoms with Gasteiger partial charge < -0.3 is 10.2 Å². The zero-order valence-electron chi connectivity index (χ0n) is 24.0. The molecule has 0 saturated carbocycles. The summed E-state index contributed by atoms with van der Waals surface area (Å²) in [5.74, 6) is 0.256. The predicted molar refractivity (Wildman–Crippen MR) is 165 cm³/mol. The molecule has 2 aliphatic rings. The molecule has 208 valence electrons. The van der Waals surface area contributed by atoms with Crippen molar-refractivity contribution in [2.45, 2.75) is 71.3 Å². The molecule has 0 unspecified atom stereocenters. The van der Waals surface area contributed by atoms with Crippen LogP contribution in [-0.4, -0.2) is 24.8 Å². The first-order valence-corrected chi connectivity index (χ1v) is 14.9. The van der Waals surface area contributed by atoms with Gasteiger partial charge in [0.2, 0.25) is 5.91 Å². The van der Waals surface area contributed by atoms with Crippen molar-refractivity contribution in [1.82, 2.24) is 0 Å². The molecule has 1 N–H and O–H groups in total. The number of fused-ring (bicyclic) bond motifs is 1. The number of allylic oxidation sites excluding steroid dienone is 1. The standard InChI is InChI=1S/C35H41N3O2/c1-4-7-9-18-33(40)38-31-17-13-12-16-29(31)36-30-23-27(25-19-21-28(22-20-25)37(5-2)6-3)24-32(39)34(30)35(38)26-14-10-8-11-15-26/h8,10-17,19-22,27,35-36H,4-7,9,18,23-24H2,1-3H3/t27-,35-/m0/s1. The van der Waals surface area contributed by atoms with Crippen LogP contribution in [0, 0.1) is 0 Å². The Hall–Kier alpha value is -3.86. The van der Waals surface area contributed by atoms with E-state index in [0.717, 1.165) is 67.0 Å². The van der Waals surface area contributed by atoms with Gasteiger partial charge in [-0.2, -0.15) is 0 Å². The summed E-state index contributed by atoms with van der Waals surface area (Å²) in [6, 6.07) is 26.3.